The number of hydrogen-bond donors (Lipinski definition) is 0. The Labute approximate surface area is 182 Å². The van der Waals surface area contributed by atoms with Gasteiger partial charge in [0.25, 0.3) is 5.91 Å². The van der Waals surface area contributed by atoms with Crippen LogP contribution in [0.15, 0.2) is 47.8 Å². The fraction of sp³-hybridized carbons (Fsp3) is 0.333. The van der Waals surface area contributed by atoms with Gasteiger partial charge in [0.05, 0.1) is 18.8 Å². The van der Waals surface area contributed by atoms with Crippen molar-refractivity contribution in [1.29, 1.82) is 0 Å². The second-order valence-electron chi connectivity index (χ2n) is 7.36. The average molecular weight is 425 g/mol. The normalized spacial score (nSPS) is 10.8. The highest BCUT2D eigenvalue weighted by molar-refractivity contribution is 7.09. The summed E-state index contributed by atoms with van der Waals surface area (Å²) >= 11 is 1.55. The quantitative estimate of drug-likeness (QED) is 0.488. The van der Waals surface area contributed by atoms with Gasteiger partial charge in [-0.05, 0) is 56.2 Å². The molecule has 0 aliphatic rings. The summed E-state index contributed by atoms with van der Waals surface area (Å²) in [6.07, 6.45) is 0. The molecule has 3 aromatic rings. The zero-order valence-electron chi connectivity index (χ0n) is 18.0. The van der Waals surface area contributed by atoms with Crippen LogP contribution in [0.25, 0.3) is 0 Å². The molecule has 6 heteroatoms. The lowest BCUT2D eigenvalue weighted by Crippen LogP contribution is -2.33. The molecular weight excluding hydrogens is 396 g/mol. The van der Waals surface area contributed by atoms with E-state index in [0.29, 0.717) is 31.9 Å². The number of aryl methyl sites for hydroxylation is 3. The molecule has 3 rings (SSSR count). The maximum absolute atomic E-state index is 13.0. The molecule has 0 fully saturated rings. The first kappa shape index (κ1) is 22.0. The van der Waals surface area contributed by atoms with Gasteiger partial charge in [-0.15, -0.1) is 11.3 Å². The highest BCUT2D eigenvalue weighted by Crippen LogP contribution is 2.20. The van der Waals surface area contributed by atoms with Gasteiger partial charge in [-0.3, -0.25) is 4.79 Å². The topological polar surface area (TPSA) is 51.7 Å². The first-order valence-electron chi connectivity index (χ1n) is 9.94. The molecule has 2 aromatic carbocycles. The SMILES string of the molecule is COCCN(Cc1csc(COc2ccc(C)c(C)c2)n1)C(=O)c1cccc(C)c1. The zero-order chi connectivity index (χ0) is 21.5. The molecule has 0 saturated carbocycles. The maximum Gasteiger partial charge on any atom is 0.254 e. The van der Waals surface area contributed by atoms with Gasteiger partial charge in [-0.2, -0.15) is 0 Å². The summed E-state index contributed by atoms with van der Waals surface area (Å²) in [5, 5.41) is 2.88. The van der Waals surface area contributed by atoms with Crippen LogP contribution in [0.1, 0.15) is 37.7 Å². The van der Waals surface area contributed by atoms with Crippen LogP contribution in [0.4, 0.5) is 0 Å². The molecule has 1 aromatic heterocycles. The number of rotatable bonds is 9. The number of nitrogens with zero attached hydrogens (tertiary/aromatic N) is 2. The molecule has 0 N–H and O–H groups in total. The molecule has 0 bridgehead atoms. The number of aromatic nitrogens is 1. The number of carbonyl (C=O) groups is 1. The number of ether oxygens (including phenoxy) is 2. The van der Waals surface area contributed by atoms with E-state index in [4.69, 9.17) is 9.47 Å². The van der Waals surface area contributed by atoms with Crippen molar-refractivity contribution < 1.29 is 14.3 Å². The van der Waals surface area contributed by atoms with Crippen molar-refractivity contribution in [3.63, 3.8) is 0 Å². The number of hydrogen-bond acceptors (Lipinski definition) is 5. The Morgan fingerprint density at radius 2 is 1.93 bits per heavy atom. The summed E-state index contributed by atoms with van der Waals surface area (Å²) in [5.74, 6) is 0.822. The van der Waals surface area contributed by atoms with E-state index in [1.54, 1.807) is 23.3 Å². The molecule has 5 nitrogen and oxygen atoms in total. The fourth-order valence-electron chi connectivity index (χ4n) is 3.05. The minimum atomic E-state index is -0.0170. The number of benzene rings is 2. The number of carbonyl (C=O) groups excluding carboxylic acids is 1. The zero-order valence-corrected chi connectivity index (χ0v) is 18.8. The van der Waals surface area contributed by atoms with Crippen LogP contribution in [-0.2, 0) is 17.9 Å². The Bertz CT molecular complexity index is 1000. The Hall–Kier alpha value is -2.70. The summed E-state index contributed by atoms with van der Waals surface area (Å²) in [4.78, 5) is 19.5. The van der Waals surface area contributed by atoms with E-state index in [2.05, 4.69) is 24.9 Å². The van der Waals surface area contributed by atoms with Crippen LogP contribution < -0.4 is 4.74 Å². The van der Waals surface area contributed by atoms with Crippen molar-refractivity contribution in [3.05, 3.63) is 80.8 Å². The van der Waals surface area contributed by atoms with Crippen molar-refractivity contribution in [3.8, 4) is 5.75 Å². The maximum atomic E-state index is 13.0. The summed E-state index contributed by atoms with van der Waals surface area (Å²) in [6.45, 7) is 7.98. The second kappa shape index (κ2) is 10.4. The molecule has 0 atom stereocenters. The van der Waals surface area contributed by atoms with Gasteiger partial charge >= 0.3 is 0 Å². The van der Waals surface area contributed by atoms with Gasteiger partial charge in [0, 0.05) is 24.6 Å². The van der Waals surface area contributed by atoms with E-state index in [1.807, 2.05) is 48.7 Å². The van der Waals surface area contributed by atoms with Crippen LogP contribution in [-0.4, -0.2) is 36.1 Å². The van der Waals surface area contributed by atoms with E-state index < -0.39 is 0 Å². The standard InChI is InChI=1S/C24H28N2O3S/c1-17-6-5-7-20(12-17)24(27)26(10-11-28-4)14-21-16-30-23(25-21)15-29-22-9-8-18(2)19(3)13-22/h5-9,12-13,16H,10-11,14-15H2,1-4H3. The summed E-state index contributed by atoms with van der Waals surface area (Å²) in [6, 6.07) is 13.7. The molecular formula is C24H28N2O3S. The van der Waals surface area contributed by atoms with Gasteiger partial charge in [-0.25, -0.2) is 4.98 Å². The van der Waals surface area contributed by atoms with Crippen molar-refractivity contribution in [1.82, 2.24) is 9.88 Å². The van der Waals surface area contributed by atoms with E-state index >= 15 is 0 Å². The van der Waals surface area contributed by atoms with Gasteiger partial charge in [0.15, 0.2) is 0 Å². The summed E-state index contributed by atoms with van der Waals surface area (Å²) in [7, 11) is 1.64. The lowest BCUT2D eigenvalue weighted by Gasteiger charge is -2.21. The molecule has 158 valence electrons. The van der Waals surface area contributed by atoms with E-state index in [0.717, 1.165) is 22.0 Å². The number of thiazole rings is 1. The fourth-order valence-corrected chi connectivity index (χ4v) is 3.74. The Morgan fingerprint density at radius 3 is 2.67 bits per heavy atom. The first-order chi connectivity index (χ1) is 14.5. The third kappa shape index (κ3) is 5.90. The molecule has 1 heterocycles. The predicted octanol–water partition coefficient (Wildman–Crippen LogP) is 4.94. The van der Waals surface area contributed by atoms with E-state index in [-0.39, 0.29) is 5.91 Å². The molecule has 30 heavy (non-hydrogen) atoms. The van der Waals surface area contributed by atoms with Crippen LogP contribution in [0.5, 0.6) is 5.75 Å². The van der Waals surface area contributed by atoms with Crippen LogP contribution >= 0.6 is 11.3 Å². The highest BCUT2D eigenvalue weighted by Gasteiger charge is 2.17. The third-order valence-corrected chi connectivity index (χ3v) is 5.78. The molecule has 0 saturated heterocycles. The Morgan fingerprint density at radius 1 is 1.10 bits per heavy atom. The highest BCUT2D eigenvalue weighted by atomic mass is 32.1. The molecule has 0 spiro atoms. The minimum absolute atomic E-state index is 0.0170. The van der Waals surface area contributed by atoms with E-state index in [9.17, 15) is 4.79 Å². The van der Waals surface area contributed by atoms with E-state index in [1.165, 1.54) is 11.1 Å². The van der Waals surface area contributed by atoms with Crippen LogP contribution in [0, 0.1) is 20.8 Å². The summed E-state index contributed by atoms with van der Waals surface area (Å²) < 4.78 is 11.1. The van der Waals surface area contributed by atoms with Gasteiger partial charge in [-0.1, -0.05) is 23.8 Å². The number of amides is 1. The third-order valence-electron chi connectivity index (χ3n) is 4.91. The smallest absolute Gasteiger partial charge is 0.254 e. The minimum Gasteiger partial charge on any atom is -0.486 e. The Kier molecular flexibility index (Phi) is 7.60. The monoisotopic (exact) mass is 424 g/mol. The lowest BCUT2D eigenvalue weighted by molar-refractivity contribution is 0.0678. The van der Waals surface area contributed by atoms with Crippen molar-refractivity contribution >= 4 is 17.2 Å². The lowest BCUT2D eigenvalue weighted by atomic mass is 10.1. The Balaban J connectivity index is 1.65. The van der Waals surface area contributed by atoms with Crippen LogP contribution in [0.3, 0.4) is 0 Å². The molecule has 1 amide bonds. The van der Waals surface area contributed by atoms with Crippen LogP contribution in [0.2, 0.25) is 0 Å². The molecule has 0 aliphatic carbocycles. The van der Waals surface area contributed by atoms with Gasteiger partial charge < -0.3 is 14.4 Å². The largest absolute Gasteiger partial charge is 0.486 e. The van der Waals surface area contributed by atoms with Gasteiger partial charge in [0.1, 0.15) is 17.4 Å². The summed E-state index contributed by atoms with van der Waals surface area (Å²) in [5.41, 5.74) is 5.05. The van der Waals surface area contributed by atoms with Crippen molar-refractivity contribution in [2.45, 2.75) is 33.9 Å². The molecule has 0 radical (unpaired) electrons. The van der Waals surface area contributed by atoms with Crippen molar-refractivity contribution in [2.24, 2.45) is 0 Å². The predicted molar refractivity (Wildman–Crippen MR) is 120 cm³/mol. The molecule has 0 unspecified atom stereocenters. The molecule has 0 aliphatic heterocycles. The second-order valence-corrected chi connectivity index (χ2v) is 8.30. The van der Waals surface area contributed by atoms with Crippen molar-refractivity contribution in [2.75, 3.05) is 20.3 Å². The average Bonchev–Trinajstić information content (AvgIpc) is 3.19. The van der Waals surface area contributed by atoms with Gasteiger partial charge in [0.2, 0.25) is 0 Å². The first-order valence-corrected chi connectivity index (χ1v) is 10.8. The number of methoxy groups -OCH3 is 1.